The maximum absolute atomic E-state index is 13.0. The molecule has 3 fully saturated rings. The largest absolute Gasteiger partial charge is 0.379 e. The number of carbonyl (C=O) groups excluding carboxylic acids is 2. The van der Waals surface area contributed by atoms with Crippen molar-refractivity contribution >= 4 is 28.5 Å². The van der Waals surface area contributed by atoms with Crippen molar-refractivity contribution in [3.63, 3.8) is 0 Å². The molecule has 9 nitrogen and oxygen atoms in total. The third kappa shape index (κ3) is 4.96. The highest BCUT2D eigenvalue weighted by Crippen LogP contribution is 2.38. The van der Waals surface area contributed by atoms with Gasteiger partial charge >= 0.3 is 0 Å². The summed E-state index contributed by atoms with van der Waals surface area (Å²) in [4.78, 5) is 33.1. The van der Waals surface area contributed by atoms with Gasteiger partial charge in [0.05, 0.1) is 29.9 Å². The summed E-state index contributed by atoms with van der Waals surface area (Å²) < 4.78 is 13.0. The van der Waals surface area contributed by atoms with Crippen molar-refractivity contribution in [1.82, 2.24) is 19.8 Å². The lowest BCUT2D eigenvalue weighted by Crippen LogP contribution is -2.38. The second-order valence-electron chi connectivity index (χ2n) is 9.60. The van der Waals surface area contributed by atoms with Crippen molar-refractivity contribution < 1.29 is 19.1 Å². The molecule has 1 aliphatic carbocycles. The third-order valence-corrected chi connectivity index (χ3v) is 7.26. The Kier molecular flexibility index (Phi) is 7.12. The second kappa shape index (κ2) is 10.4. The van der Waals surface area contributed by atoms with Crippen molar-refractivity contribution in [2.24, 2.45) is 7.05 Å². The minimum absolute atomic E-state index is 0.146. The Bertz CT molecular complexity index is 1040. The number of ether oxygens (including phenoxy) is 2. The van der Waals surface area contributed by atoms with Gasteiger partial charge in [0.25, 0.3) is 11.8 Å². The van der Waals surface area contributed by atoms with Gasteiger partial charge in [-0.15, -0.1) is 0 Å². The molecule has 184 valence electrons. The first-order valence-corrected chi connectivity index (χ1v) is 12.6. The number of amides is 2. The molecular weight excluding hydrogens is 434 g/mol. The van der Waals surface area contributed by atoms with E-state index < -0.39 is 6.10 Å². The second-order valence-corrected chi connectivity index (χ2v) is 9.60. The molecule has 0 radical (unpaired) electrons. The number of anilines is 1. The molecule has 9 heteroatoms. The first kappa shape index (κ1) is 23.3. The number of rotatable bonds is 8. The Balaban J connectivity index is 1.33. The summed E-state index contributed by atoms with van der Waals surface area (Å²) in [5.41, 5.74) is 2.74. The number of carbonyl (C=O) groups is 2. The molecule has 0 bridgehead atoms. The third-order valence-electron chi connectivity index (χ3n) is 7.26. The number of morpholine rings is 1. The lowest BCUT2D eigenvalue weighted by atomic mass is 9.85. The van der Waals surface area contributed by atoms with E-state index in [9.17, 15) is 9.59 Å². The zero-order valence-corrected chi connectivity index (χ0v) is 20.0. The zero-order chi connectivity index (χ0) is 23.5. The van der Waals surface area contributed by atoms with E-state index in [1.54, 1.807) is 6.07 Å². The van der Waals surface area contributed by atoms with E-state index in [1.165, 1.54) is 6.42 Å². The molecule has 1 atom stereocenters. The van der Waals surface area contributed by atoms with Gasteiger partial charge in [0.15, 0.2) is 0 Å². The molecule has 2 amide bonds. The van der Waals surface area contributed by atoms with Gasteiger partial charge in [-0.3, -0.25) is 14.5 Å². The summed E-state index contributed by atoms with van der Waals surface area (Å²) in [7, 11) is 2.00. The highest BCUT2D eigenvalue weighted by Gasteiger charge is 2.28. The van der Waals surface area contributed by atoms with Gasteiger partial charge in [0, 0.05) is 44.8 Å². The van der Waals surface area contributed by atoms with Crippen LogP contribution >= 0.6 is 0 Å². The Morgan fingerprint density at radius 3 is 2.65 bits per heavy atom. The van der Waals surface area contributed by atoms with E-state index in [4.69, 9.17) is 14.5 Å². The summed E-state index contributed by atoms with van der Waals surface area (Å²) in [6, 6.07) is 3.62. The summed E-state index contributed by atoms with van der Waals surface area (Å²) in [5.74, 6) is 1.16. The predicted octanol–water partition coefficient (Wildman–Crippen LogP) is 2.41. The maximum Gasteiger partial charge on any atom is 0.253 e. The van der Waals surface area contributed by atoms with E-state index in [2.05, 4.69) is 20.1 Å². The van der Waals surface area contributed by atoms with Crippen LogP contribution in [0.2, 0.25) is 0 Å². The van der Waals surface area contributed by atoms with E-state index in [0.29, 0.717) is 30.3 Å². The van der Waals surface area contributed by atoms with Crippen LogP contribution in [-0.2, 0) is 21.3 Å². The number of fused-ring (bicyclic) bond motifs is 1. The molecule has 3 aliphatic rings. The molecule has 0 unspecified atom stereocenters. The Morgan fingerprint density at radius 2 is 1.94 bits per heavy atom. The monoisotopic (exact) mass is 469 g/mol. The van der Waals surface area contributed by atoms with Crippen molar-refractivity contribution in [3.05, 3.63) is 23.5 Å². The van der Waals surface area contributed by atoms with E-state index in [0.717, 1.165) is 81.8 Å². The number of nitrogens with one attached hydrogen (secondary N) is 2. The van der Waals surface area contributed by atoms with E-state index >= 15 is 0 Å². The first-order chi connectivity index (χ1) is 16.6. The Morgan fingerprint density at radius 1 is 1.12 bits per heavy atom. The fraction of sp³-hybridized carbons (Fsp3) is 0.640. The predicted molar refractivity (Wildman–Crippen MR) is 129 cm³/mol. The number of imidazole rings is 1. The fourth-order valence-corrected chi connectivity index (χ4v) is 5.06. The van der Waals surface area contributed by atoms with Gasteiger partial charge in [0.1, 0.15) is 11.9 Å². The molecule has 2 saturated heterocycles. The number of aromatic nitrogens is 2. The number of nitrogens with zero attached hydrogens (tertiary/aromatic N) is 3. The first-order valence-electron chi connectivity index (χ1n) is 12.6. The highest BCUT2D eigenvalue weighted by molar-refractivity contribution is 6.06. The smallest absolute Gasteiger partial charge is 0.253 e. The number of aryl methyl sites for hydroxylation is 1. The molecule has 5 rings (SSSR count). The van der Waals surface area contributed by atoms with Gasteiger partial charge in [-0.1, -0.05) is 6.42 Å². The molecule has 0 spiro atoms. The van der Waals surface area contributed by atoms with Gasteiger partial charge in [-0.25, -0.2) is 4.98 Å². The summed E-state index contributed by atoms with van der Waals surface area (Å²) >= 11 is 0. The van der Waals surface area contributed by atoms with Crippen LogP contribution in [0, 0.1) is 0 Å². The minimum Gasteiger partial charge on any atom is -0.379 e. The molecule has 2 aliphatic heterocycles. The van der Waals surface area contributed by atoms with Crippen LogP contribution in [0.1, 0.15) is 60.6 Å². The van der Waals surface area contributed by atoms with E-state index in [1.807, 2.05) is 13.1 Å². The Labute approximate surface area is 200 Å². The SMILES string of the molecule is Cn1c(C2CCC2)nc2cc(C(=O)NCCCN3CCOCC3)cc(NC(=O)[C@H]3CCCO3)c21. The molecular formula is C25H35N5O4. The lowest BCUT2D eigenvalue weighted by molar-refractivity contribution is -0.124. The molecule has 2 aromatic rings. The Hall–Kier alpha value is -2.49. The van der Waals surface area contributed by atoms with Gasteiger partial charge < -0.3 is 24.7 Å². The topological polar surface area (TPSA) is 97.7 Å². The van der Waals surface area contributed by atoms with Crippen molar-refractivity contribution in [3.8, 4) is 0 Å². The van der Waals surface area contributed by atoms with Crippen molar-refractivity contribution in [1.29, 1.82) is 0 Å². The van der Waals surface area contributed by atoms with Crippen LogP contribution < -0.4 is 10.6 Å². The molecule has 3 heterocycles. The zero-order valence-electron chi connectivity index (χ0n) is 20.0. The summed E-state index contributed by atoms with van der Waals surface area (Å²) in [5, 5.41) is 6.07. The summed E-state index contributed by atoms with van der Waals surface area (Å²) in [6.07, 6.45) is 5.53. The molecule has 2 N–H and O–H groups in total. The van der Waals surface area contributed by atoms with Crippen molar-refractivity contribution in [2.45, 2.75) is 50.5 Å². The van der Waals surface area contributed by atoms with Gasteiger partial charge in [-0.05, 0) is 50.8 Å². The van der Waals surface area contributed by atoms with Crippen LogP contribution in [0.25, 0.3) is 11.0 Å². The summed E-state index contributed by atoms with van der Waals surface area (Å²) in [6.45, 7) is 5.60. The maximum atomic E-state index is 13.0. The van der Waals surface area contributed by atoms with Crippen LogP contribution in [0.3, 0.4) is 0 Å². The van der Waals surface area contributed by atoms with Crippen LogP contribution in [0.4, 0.5) is 5.69 Å². The average molecular weight is 470 g/mol. The van der Waals surface area contributed by atoms with Crippen LogP contribution in [-0.4, -0.2) is 78.4 Å². The molecule has 34 heavy (non-hydrogen) atoms. The number of hydrogen-bond acceptors (Lipinski definition) is 6. The highest BCUT2D eigenvalue weighted by atomic mass is 16.5. The minimum atomic E-state index is -0.438. The molecule has 1 aromatic heterocycles. The molecule has 1 saturated carbocycles. The van der Waals surface area contributed by atoms with Crippen LogP contribution in [0.5, 0.6) is 0 Å². The lowest BCUT2D eigenvalue weighted by Gasteiger charge is -2.26. The standard InChI is InChI=1S/C25H35N5O4/c1-29-22-19(27-23(29)17-5-2-6-17)15-18(16-20(22)28-25(32)21-7-3-12-34-21)24(31)26-8-4-9-30-10-13-33-14-11-30/h15-17,21H,2-14H2,1H3,(H,26,31)(H,28,32)/t21-/m1/s1. The molecule has 1 aromatic carbocycles. The fourth-order valence-electron chi connectivity index (χ4n) is 5.06. The van der Waals surface area contributed by atoms with Gasteiger partial charge in [-0.2, -0.15) is 0 Å². The van der Waals surface area contributed by atoms with Gasteiger partial charge in [0.2, 0.25) is 0 Å². The normalized spacial score (nSPS) is 21.5. The van der Waals surface area contributed by atoms with E-state index in [-0.39, 0.29) is 11.8 Å². The number of benzene rings is 1. The van der Waals surface area contributed by atoms with Crippen molar-refractivity contribution in [2.75, 3.05) is 51.3 Å². The quantitative estimate of drug-likeness (QED) is 0.577. The average Bonchev–Trinajstić information content (AvgIpc) is 3.45. The van der Waals surface area contributed by atoms with Crippen LogP contribution in [0.15, 0.2) is 12.1 Å². The number of hydrogen-bond donors (Lipinski definition) is 2.